The molecule has 0 bridgehead atoms. The SMILES string of the molecule is O=C(CCN(Cc1ccccc1)c1nc(Cc2ccccc2)ns1)NCc1ccco1. The highest BCUT2D eigenvalue weighted by Gasteiger charge is 2.15. The van der Waals surface area contributed by atoms with Crippen molar-refractivity contribution in [3.8, 4) is 0 Å². The number of furan rings is 1. The van der Waals surface area contributed by atoms with Gasteiger partial charge in [0.1, 0.15) is 11.6 Å². The minimum atomic E-state index is -0.0245. The third-order valence-corrected chi connectivity index (χ3v) is 5.61. The fourth-order valence-corrected chi connectivity index (χ4v) is 3.90. The summed E-state index contributed by atoms with van der Waals surface area (Å²) in [6.45, 7) is 1.62. The fourth-order valence-electron chi connectivity index (χ4n) is 3.19. The summed E-state index contributed by atoms with van der Waals surface area (Å²) in [5.74, 6) is 1.51. The number of hydrogen-bond donors (Lipinski definition) is 1. The second-order valence-electron chi connectivity index (χ2n) is 7.17. The maximum atomic E-state index is 12.4. The van der Waals surface area contributed by atoms with Crippen LogP contribution in [0.5, 0.6) is 0 Å². The summed E-state index contributed by atoms with van der Waals surface area (Å²) in [6.07, 6.45) is 2.66. The molecule has 0 unspecified atom stereocenters. The first-order valence-electron chi connectivity index (χ1n) is 10.2. The van der Waals surface area contributed by atoms with Gasteiger partial charge < -0.3 is 14.6 Å². The number of aromatic nitrogens is 2. The summed E-state index contributed by atoms with van der Waals surface area (Å²) in [4.78, 5) is 19.2. The van der Waals surface area contributed by atoms with Crippen LogP contribution < -0.4 is 10.2 Å². The van der Waals surface area contributed by atoms with Crippen molar-refractivity contribution in [3.05, 3.63) is 102 Å². The van der Waals surface area contributed by atoms with E-state index in [1.807, 2.05) is 48.5 Å². The molecule has 6 nitrogen and oxygen atoms in total. The molecule has 2 aromatic heterocycles. The van der Waals surface area contributed by atoms with Crippen LogP contribution in [0.15, 0.2) is 83.5 Å². The van der Waals surface area contributed by atoms with Crippen LogP contribution in [-0.4, -0.2) is 21.8 Å². The molecule has 0 atom stereocenters. The summed E-state index contributed by atoms with van der Waals surface area (Å²) in [7, 11) is 0. The van der Waals surface area contributed by atoms with Gasteiger partial charge in [-0.25, -0.2) is 4.98 Å². The van der Waals surface area contributed by atoms with Crippen LogP contribution in [0.1, 0.15) is 29.1 Å². The Balaban J connectivity index is 1.41. The Hall–Kier alpha value is -3.45. The van der Waals surface area contributed by atoms with Crippen molar-refractivity contribution < 1.29 is 9.21 Å². The number of hydrogen-bond acceptors (Lipinski definition) is 6. The number of nitrogens with zero attached hydrogens (tertiary/aromatic N) is 3. The topological polar surface area (TPSA) is 71.3 Å². The molecule has 0 fully saturated rings. The van der Waals surface area contributed by atoms with E-state index in [0.29, 0.717) is 32.5 Å². The number of carbonyl (C=O) groups excluding carboxylic acids is 1. The monoisotopic (exact) mass is 432 g/mol. The molecule has 1 amide bonds. The Morgan fingerprint density at radius 3 is 2.42 bits per heavy atom. The van der Waals surface area contributed by atoms with Crippen molar-refractivity contribution in [2.45, 2.75) is 25.9 Å². The Kier molecular flexibility index (Phi) is 7.08. The normalized spacial score (nSPS) is 10.7. The first-order valence-corrected chi connectivity index (χ1v) is 11.0. The van der Waals surface area contributed by atoms with Gasteiger partial charge >= 0.3 is 0 Å². The van der Waals surface area contributed by atoms with Gasteiger partial charge in [0.2, 0.25) is 11.0 Å². The van der Waals surface area contributed by atoms with E-state index >= 15 is 0 Å². The molecule has 2 aromatic carbocycles. The summed E-state index contributed by atoms with van der Waals surface area (Å²) in [5.41, 5.74) is 2.34. The van der Waals surface area contributed by atoms with E-state index in [1.54, 1.807) is 6.26 Å². The summed E-state index contributed by atoms with van der Waals surface area (Å²) in [5, 5.41) is 3.73. The number of amides is 1. The van der Waals surface area contributed by atoms with Gasteiger partial charge in [0, 0.05) is 37.5 Å². The lowest BCUT2D eigenvalue weighted by Crippen LogP contribution is -2.30. The van der Waals surface area contributed by atoms with Gasteiger partial charge in [-0.15, -0.1) is 0 Å². The molecule has 4 rings (SSSR count). The summed E-state index contributed by atoms with van der Waals surface area (Å²) in [6, 6.07) is 24.0. The molecule has 0 aliphatic rings. The maximum absolute atomic E-state index is 12.4. The molecule has 0 saturated carbocycles. The molecule has 0 aliphatic heterocycles. The third kappa shape index (κ3) is 6.26. The molecule has 4 aromatic rings. The van der Waals surface area contributed by atoms with Crippen molar-refractivity contribution in [2.75, 3.05) is 11.4 Å². The average Bonchev–Trinajstić information content (AvgIpc) is 3.49. The van der Waals surface area contributed by atoms with Crippen LogP contribution in [0.4, 0.5) is 5.13 Å². The molecular weight excluding hydrogens is 408 g/mol. The minimum absolute atomic E-state index is 0.0245. The zero-order chi connectivity index (χ0) is 21.3. The molecule has 7 heteroatoms. The van der Waals surface area contributed by atoms with E-state index in [0.717, 1.165) is 16.7 Å². The fraction of sp³-hybridized carbons (Fsp3) is 0.208. The zero-order valence-electron chi connectivity index (χ0n) is 17.1. The molecule has 0 saturated heterocycles. The maximum Gasteiger partial charge on any atom is 0.222 e. The van der Waals surface area contributed by atoms with E-state index in [9.17, 15) is 4.79 Å². The third-order valence-electron chi connectivity index (χ3n) is 4.80. The Morgan fingerprint density at radius 1 is 0.968 bits per heavy atom. The highest BCUT2D eigenvalue weighted by molar-refractivity contribution is 7.09. The van der Waals surface area contributed by atoms with E-state index in [2.05, 4.69) is 38.9 Å². The lowest BCUT2D eigenvalue weighted by Gasteiger charge is -2.21. The van der Waals surface area contributed by atoms with Gasteiger partial charge in [-0.3, -0.25) is 4.79 Å². The lowest BCUT2D eigenvalue weighted by molar-refractivity contribution is -0.121. The number of benzene rings is 2. The first-order chi connectivity index (χ1) is 15.3. The largest absolute Gasteiger partial charge is 0.467 e. The van der Waals surface area contributed by atoms with Crippen molar-refractivity contribution >= 4 is 22.6 Å². The van der Waals surface area contributed by atoms with Gasteiger partial charge in [-0.1, -0.05) is 60.7 Å². The molecular formula is C24H24N4O2S. The molecule has 158 valence electrons. The smallest absolute Gasteiger partial charge is 0.222 e. The van der Waals surface area contributed by atoms with E-state index < -0.39 is 0 Å². The van der Waals surface area contributed by atoms with Crippen molar-refractivity contribution in [1.29, 1.82) is 0 Å². The van der Waals surface area contributed by atoms with Gasteiger partial charge in [-0.2, -0.15) is 4.37 Å². The molecule has 2 heterocycles. The van der Waals surface area contributed by atoms with Crippen LogP contribution in [0.2, 0.25) is 0 Å². The minimum Gasteiger partial charge on any atom is -0.467 e. The van der Waals surface area contributed by atoms with Crippen LogP contribution >= 0.6 is 11.5 Å². The number of carbonyl (C=O) groups is 1. The average molecular weight is 433 g/mol. The van der Waals surface area contributed by atoms with Crippen molar-refractivity contribution in [3.63, 3.8) is 0 Å². The van der Waals surface area contributed by atoms with Gasteiger partial charge in [0.15, 0.2) is 0 Å². The summed E-state index contributed by atoms with van der Waals surface area (Å²) < 4.78 is 9.81. The Morgan fingerprint density at radius 2 is 1.71 bits per heavy atom. The molecule has 1 N–H and O–H groups in total. The molecule has 31 heavy (non-hydrogen) atoms. The van der Waals surface area contributed by atoms with Crippen molar-refractivity contribution in [2.24, 2.45) is 0 Å². The number of nitrogens with one attached hydrogen (secondary N) is 1. The summed E-state index contributed by atoms with van der Waals surface area (Å²) >= 11 is 1.38. The quantitative estimate of drug-likeness (QED) is 0.401. The van der Waals surface area contributed by atoms with Crippen LogP contribution in [0.3, 0.4) is 0 Å². The Labute approximate surface area is 185 Å². The van der Waals surface area contributed by atoms with E-state index in [4.69, 9.17) is 9.40 Å². The van der Waals surface area contributed by atoms with Gasteiger partial charge in [0.25, 0.3) is 0 Å². The molecule has 0 spiro atoms. The van der Waals surface area contributed by atoms with E-state index in [1.165, 1.54) is 22.7 Å². The lowest BCUT2D eigenvalue weighted by atomic mass is 10.1. The van der Waals surface area contributed by atoms with Crippen LogP contribution in [0, 0.1) is 0 Å². The Bertz CT molecular complexity index is 1070. The van der Waals surface area contributed by atoms with Crippen molar-refractivity contribution in [1.82, 2.24) is 14.7 Å². The van der Waals surface area contributed by atoms with Crippen LogP contribution in [-0.2, 0) is 24.3 Å². The predicted molar refractivity (Wildman–Crippen MR) is 122 cm³/mol. The number of anilines is 1. The van der Waals surface area contributed by atoms with Gasteiger partial charge in [0.05, 0.1) is 12.8 Å². The second-order valence-corrected chi connectivity index (χ2v) is 7.90. The van der Waals surface area contributed by atoms with E-state index in [-0.39, 0.29) is 5.91 Å². The van der Waals surface area contributed by atoms with Gasteiger partial charge in [-0.05, 0) is 23.3 Å². The molecule has 0 radical (unpaired) electrons. The second kappa shape index (κ2) is 10.5. The standard InChI is InChI=1S/C24H24N4O2S/c29-23(25-17-21-12-7-15-30-21)13-14-28(18-20-10-5-2-6-11-20)24-26-22(27-31-24)16-19-8-3-1-4-9-19/h1-12,15H,13-14,16-18H2,(H,25,29). The zero-order valence-corrected chi connectivity index (χ0v) is 17.9. The number of rotatable bonds is 10. The highest BCUT2D eigenvalue weighted by Crippen LogP contribution is 2.21. The predicted octanol–water partition coefficient (Wildman–Crippen LogP) is 4.44. The highest BCUT2D eigenvalue weighted by atomic mass is 32.1. The van der Waals surface area contributed by atoms with Crippen LogP contribution in [0.25, 0.3) is 0 Å². The molecule has 0 aliphatic carbocycles. The first kappa shape index (κ1) is 20.8.